The molecule has 1 amide bonds. The van der Waals surface area contributed by atoms with Crippen molar-refractivity contribution in [1.29, 1.82) is 0 Å². The molecule has 214 valence electrons. The molecule has 1 saturated heterocycles. The Bertz CT molecular complexity index is 1460. The average Bonchev–Trinajstić information content (AvgIpc) is 2.93. The quantitative estimate of drug-likeness (QED) is 0.342. The summed E-state index contributed by atoms with van der Waals surface area (Å²) in [5.74, 6) is 0.211. The number of alkyl halides is 3. The van der Waals surface area contributed by atoms with E-state index in [0.29, 0.717) is 60.4 Å². The van der Waals surface area contributed by atoms with E-state index in [0.717, 1.165) is 12.1 Å². The minimum absolute atomic E-state index is 0.0370. The van der Waals surface area contributed by atoms with Gasteiger partial charge >= 0.3 is 6.18 Å². The largest absolute Gasteiger partial charge is 0.494 e. The lowest BCUT2D eigenvalue weighted by atomic mass is 10.1. The molecule has 0 bridgehead atoms. The first-order chi connectivity index (χ1) is 18.9. The fourth-order valence-electron chi connectivity index (χ4n) is 4.47. The molecule has 1 aliphatic heterocycles. The summed E-state index contributed by atoms with van der Waals surface area (Å²) < 4.78 is 72.5. The summed E-state index contributed by atoms with van der Waals surface area (Å²) in [7, 11) is -2.39. The topological polar surface area (TPSA) is 70.2 Å². The Morgan fingerprint density at radius 2 is 1.68 bits per heavy atom. The Labute approximate surface area is 236 Å². The zero-order chi connectivity index (χ0) is 29.1. The van der Waals surface area contributed by atoms with Crippen LogP contribution in [0.4, 0.5) is 18.9 Å². The molecule has 1 aliphatic rings. The van der Waals surface area contributed by atoms with Gasteiger partial charge in [-0.1, -0.05) is 17.7 Å². The van der Waals surface area contributed by atoms with Crippen molar-refractivity contribution in [2.75, 3.05) is 44.7 Å². The molecule has 4 rings (SSSR count). The van der Waals surface area contributed by atoms with E-state index >= 15 is 0 Å². The van der Waals surface area contributed by atoms with E-state index in [1.807, 2.05) is 4.90 Å². The number of hydrogen-bond acceptors (Lipinski definition) is 5. The van der Waals surface area contributed by atoms with Gasteiger partial charge < -0.3 is 14.5 Å². The van der Waals surface area contributed by atoms with Gasteiger partial charge in [-0.3, -0.25) is 4.79 Å². The standard InChI is InChI=1S/C28H29ClF3N3O4S/c1-3-39-26-12-7-20(17-21(26)19-33(2)40(37,38)25-10-8-23(29)9-11-25)27(36)35-15-13-34(14-16-35)24-6-4-5-22(18-24)28(30,31)32/h4-12,17-18H,3,13-16,19H2,1-2H3. The van der Waals surface area contributed by atoms with Crippen molar-refractivity contribution < 1.29 is 31.1 Å². The van der Waals surface area contributed by atoms with Crippen LogP contribution in [0.25, 0.3) is 0 Å². The number of rotatable bonds is 8. The lowest BCUT2D eigenvalue weighted by Gasteiger charge is -2.36. The maximum absolute atomic E-state index is 13.4. The number of piperazine rings is 1. The summed E-state index contributed by atoms with van der Waals surface area (Å²) in [6.45, 7) is 3.51. The Balaban J connectivity index is 1.49. The Morgan fingerprint density at radius 1 is 1.00 bits per heavy atom. The van der Waals surface area contributed by atoms with Crippen molar-refractivity contribution >= 4 is 33.2 Å². The molecule has 7 nitrogen and oxygen atoms in total. The Morgan fingerprint density at radius 3 is 2.30 bits per heavy atom. The van der Waals surface area contributed by atoms with Gasteiger partial charge in [0.1, 0.15) is 5.75 Å². The second-order valence-electron chi connectivity index (χ2n) is 9.30. The van der Waals surface area contributed by atoms with E-state index < -0.39 is 21.8 Å². The van der Waals surface area contributed by atoms with Gasteiger partial charge in [0.2, 0.25) is 10.0 Å². The highest BCUT2D eigenvalue weighted by atomic mass is 35.5. The number of carbonyl (C=O) groups excluding carboxylic acids is 1. The molecule has 0 saturated carbocycles. The maximum Gasteiger partial charge on any atom is 0.416 e. The van der Waals surface area contributed by atoms with Crippen LogP contribution in [0.1, 0.15) is 28.4 Å². The smallest absolute Gasteiger partial charge is 0.416 e. The molecule has 0 unspecified atom stereocenters. The number of ether oxygens (including phenoxy) is 1. The first-order valence-corrected chi connectivity index (χ1v) is 14.4. The summed E-state index contributed by atoms with van der Waals surface area (Å²) in [4.78, 5) is 16.9. The monoisotopic (exact) mass is 595 g/mol. The molecule has 1 fully saturated rings. The molecule has 12 heteroatoms. The van der Waals surface area contributed by atoms with Crippen molar-refractivity contribution in [3.05, 3.63) is 88.4 Å². The Hall–Kier alpha value is -3.28. The van der Waals surface area contributed by atoms with Gasteiger partial charge in [0.05, 0.1) is 17.1 Å². The van der Waals surface area contributed by atoms with Gasteiger partial charge in [0, 0.05) is 61.6 Å². The molecule has 3 aromatic carbocycles. The first-order valence-electron chi connectivity index (χ1n) is 12.6. The van der Waals surface area contributed by atoms with Crippen LogP contribution in [-0.4, -0.2) is 63.4 Å². The van der Waals surface area contributed by atoms with E-state index in [9.17, 15) is 26.4 Å². The second-order valence-corrected chi connectivity index (χ2v) is 11.8. The number of halogens is 4. The normalized spacial score (nSPS) is 14.5. The summed E-state index contributed by atoms with van der Waals surface area (Å²) in [6, 6.07) is 15.9. The average molecular weight is 596 g/mol. The SMILES string of the molecule is CCOc1ccc(C(=O)N2CCN(c3cccc(C(F)(F)F)c3)CC2)cc1CN(C)S(=O)(=O)c1ccc(Cl)cc1. The van der Waals surface area contributed by atoms with Crippen LogP contribution in [0.15, 0.2) is 71.6 Å². The number of anilines is 1. The van der Waals surface area contributed by atoms with Crippen LogP contribution in [-0.2, 0) is 22.7 Å². The van der Waals surface area contributed by atoms with Crippen molar-refractivity contribution in [3.8, 4) is 5.75 Å². The second kappa shape index (κ2) is 12.1. The third-order valence-corrected chi connectivity index (χ3v) is 8.70. The number of hydrogen-bond donors (Lipinski definition) is 0. The predicted molar refractivity (Wildman–Crippen MR) is 147 cm³/mol. The summed E-state index contributed by atoms with van der Waals surface area (Å²) in [5, 5.41) is 0.419. The van der Waals surface area contributed by atoms with E-state index in [1.165, 1.54) is 41.7 Å². The highest BCUT2D eigenvalue weighted by Gasteiger charge is 2.31. The number of sulfonamides is 1. The molecular weight excluding hydrogens is 567 g/mol. The fraction of sp³-hybridized carbons (Fsp3) is 0.321. The summed E-state index contributed by atoms with van der Waals surface area (Å²) in [5.41, 5.74) is 0.627. The maximum atomic E-state index is 13.4. The highest BCUT2D eigenvalue weighted by molar-refractivity contribution is 7.89. The molecular formula is C28H29ClF3N3O4S. The molecule has 0 aromatic heterocycles. The van der Waals surface area contributed by atoms with Crippen molar-refractivity contribution in [2.24, 2.45) is 0 Å². The van der Waals surface area contributed by atoms with Gasteiger partial charge in [-0.25, -0.2) is 8.42 Å². The lowest BCUT2D eigenvalue weighted by Crippen LogP contribution is -2.48. The van der Waals surface area contributed by atoms with Crippen LogP contribution in [0, 0.1) is 0 Å². The zero-order valence-corrected chi connectivity index (χ0v) is 23.6. The minimum atomic E-state index is -4.43. The van der Waals surface area contributed by atoms with Gasteiger partial charge in [-0.05, 0) is 67.6 Å². The number of carbonyl (C=O) groups is 1. The molecule has 0 radical (unpaired) electrons. The van der Waals surface area contributed by atoms with E-state index in [2.05, 4.69) is 0 Å². The van der Waals surface area contributed by atoms with Gasteiger partial charge in [-0.2, -0.15) is 17.5 Å². The predicted octanol–water partition coefficient (Wildman–Crippen LogP) is 5.54. The molecule has 40 heavy (non-hydrogen) atoms. The van der Waals surface area contributed by atoms with Crippen LogP contribution < -0.4 is 9.64 Å². The van der Waals surface area contributed by atoms with Crippen LogP contribution in [0.2, 0.25) is 5.02 Å². The molecule has 0 atom stereocenters. The van der Waals surface area contributed by atoms with Crippen molar-refractivity contribution in [2.45, 2.75) is 24.5 Å². The number of benzene rings is 3. The third-order valence-electron chi connectivity index (χ3n) is 6.63. The summed E-state index contributed by atoms with van der Waals surface area (Å²) in [6.07, 6.45) is -4.43. The number of nitrogens with zero attached hydrogens (tertiary/aromatic N) is 3. The number of amides is 1. The van der Waals surface area contributed by atoms with E-state index in [1.54, 1.807) is 36.1 Å². The van der Waals surface area contributed by atoms with Gasteiger partial charge in [-0.15, -0.1) is 0 Å². The van der Waals surface area contributed by atoms with E-state index in [4.69, 9.17) is 16.3 Å². The van der Waals surface area contributed by atoms with Crippen LogP contribution in [0.5, 0.6) is 5.75 Å². The first kappa shape index (κ1) is 29.7. The molecule has 1 heterocycles. The zero-order valence-electron chi connectivity index (χ0n) is 22.0. The lowest BCUT2D eigenvalue weighted by molar-refractivity contribution is -0.137. The minimum Gasteiger partial charge on any atom is -0.494 e. The van der Waals surface area contributed by atoms with Gasteiger partial charge in [0.15, 0.2) is 0 Å². The molecule has 0 N–H and O–H groups in total. The summed E-state index contributed by atoms with van der Waals surface area (Å²) >= 11 is 5.89. The van der Waals surface area contributed by atoms with Crippen LogP contribution >= 0.6 is 11.6 Å². The molecule has 3 aromatic rings. The molecule has 0 aliphatic carbocycles. The Kier molecular flexibility index (Phi) is 8.96. The molecule has 0 spiro atoms. The van der Waals surface area contributed by atoms with Crippen molar-refractivity contribution in [1.82, 2.24) is 9.21 Å². The fourth-order valence-corrected chi connectivity index (χ4v) is 5.75. The van der Waals surface area contributed by atoms with Crippen molar-refractivity contribution in [3.63, 3.8) is 0 Å². The van der Waals surface area contributed by atoms with E-state index in [-0.39, 0.29) is 17.3 Å². The van der Waals surface area contributed by atoms with Crippen LogP contribution in [0.3, 0.4) is 0 Å². The van der Waals surface area contributed by atoms with Gasteiger partial charge in [0.25, 0.3) is 5.91 Å². The third kappa shape index (κ3) is 6.71. The highest BCUT2D eigenvalue weighted by Crippen LogP contribution is 2.32.